The number of allylic oxidation sites excluding steroid dienone is 24. The minimum atomic E-state index is -0.836. The molecule has 0 aromatic heterocycles. The number of ether oxygens (including phenoxy) is 3. The third kappa shape index (κ3) is 50.2. The molecule has 1 atom stereocenters. The van der Waals surface area contributed by atoms with E-state index in [1.54, 1.807) is 0 Å². The summed E-state index contributed by atoms with van der Waals surface area (Å²) in [7, 11) is 0. The van der Waals surface area contributed by atoms with Crippen LogP contribution in [-0.4, -0.2) is 37.2 Å². The third-order valence-corrected chi connectivity index (χ3v) is 9.83. The molecule has 0 rings (SSSR count). The van der Waals surface area contributed by atoms with Gasteiger partial charge in [0, 0.05) is 19.3 Å². The van der Waals surface area contributed by atoms with Crippen LogP contribution in [0.25, 0.3) is 0 Å². The molecule has 0 heterocycles. The van der Waals surface area contributed by atoms with E-state index in [9.17, 15) is 14.4 Å². The molecule has 0 spiro atoms. The fourth-order valence-electron chi connectivity index (χ4n) is 6.14. The van der Waals surface area contributed by atoms with E-state index >= 15 is 0 Å². The lowest BCUT2D eigenvalue weighted by Crippen LogP contribution is -2.30. The summed E-state index contributed by atoms with van der Waals surface area (Å²) in [5, 5.41) is 0. The molecule has 0 bridgehead atoms. The Labute approximate surface area is 397 Å². The molecular formula is C59H90O6. The predicted molar refractivity (Wildman–Crippen MR) is 279 cm³/mol. The van der Waals surface area contributed by atoms with Gasteiger partial charge in [0.2, 0.25) is 0 Å². The Hall–Kier alpha value is -4.71. The Morgan fingerprint density at radius 3 is 0.969 bits per heavy atom. The van der Waals surface area contributed by atoms with Gasteiger partial charge in [0.05, 0.1) is 0 Å². The Morgan fingerprint density at radius 2 is 0.585 bits per heavy atom. The largest absolute Gasteiger partial charge is 0.462 e. The van der Waals surface area contributed by atoms with E-state index in [0.717, 1.165) is 141 Å². The van der Waals surface area contributed by atoms with Crippen LogP contribution in [0.2, 0.25) is 0 Å². The highest BCUT2D eigenvalue weighted by molar-refractivity contribution is 5.71. The van der Waals surface area contributed by atoms with Gasteiger partial charge in [-0.1, -0.05) is 192 Å². The van der Waals surface area contributed by atoms with Crippen LogP contribution in [0, 0.1) is 0 Å². The number of hydrogen-bond donors (Lipinski definition) is 0. The summed E-state index contributed by atoms with van der Waals surface area (Å²) in [6, 6.07) is 0. The molecule has 0 N–H and O–H groups in total. The van der Waals surface area contributed by atoms with Crippen molar-refractivity contribution in [3.8, 4) is 0 Å². The van der Waals surface area contributed by atoms with E-state index in [1.165, 1.54) is 0 Å². The second-order valence-corrected chi connectivity index (χ2v) is 15.9. The summed E-state index contributed by atoms with van der Waals surface area (Å²) >= 11 is 0. The Balaban J connectivity index is 4.60. The van der Waals surface area contributed by atoms with E-state index in [4.69, 9.17) is 14.2 Å². The lowest BCUT2D eigenvalue weighted by molar-refractivity contribution is -0.166. The first kappa shape index (κ1) is 60.3. The van der Waals surface area contributed by atoms with E-state index in [0.29, 0.717) is 12.8 Å². The fourth-order valence-corrected chi connectivity index (χ4v) is 6.14. The summed E-state index contributed by atoms with van der Waals surface area (Å²) < 4.78 is 16.7. The van der Waals surface area contributed by atoms with E-state index in [2.05, 4.69) is 154 Å². The van der Waals surface area contributed by atoms with Crippen molar-refractivity contribution in [2.45, 2.75) is 194 Å². The van der Waals surface area contributed by atoms with Crippen LogP contribution in [0.15, 0.2) is 146 Å². The molecule has 0 aromatic carbocycles. The van der Waals surface area contributed by atoms with Crippen molar-refractivity contribution in [2.75, 3.05) is 13.2 Å². The molecule has 362 valence electrons. The molecule has 6 heteroatoms. The van der Waals surface area contributed by atoms with Gasteiger partial charge < -0.3 is 14.2 Å². The zero-order valence-corrected chi connectivity index (χ0v) is 41.2. The van der Waals surface area contributed by atoms with E-state index < -0.39 is 6.10 Å². The Kier molecular flexibility index (Phi) is 48.2. The van der Waals surface area contributed by atoms with Crippen molar-refractivity contribution >= 4 is 17.9 Å². The maximum absolute atomic E-state index is 12.8. The van der Waals surface area contributed by atoms with Gasteiger partial charge in [-0.15, -0.1) is 0 Å². The maximum Gasteiger partial charge on any atom is 0.306 e. The Morgan fingerprint density at radius 1 is 0.308 bits per heavy atom. The standard InChI is InChI=1S/C59H90O6/c1-4-7-10-13-16-19-22-25-27-28-29-30-32-34-37-40-43-46-49-52-58(61)64-55-56(54-63-57(60)51-48-45-42-39-36-33-24-21-18-15-12-9-6-3)65-59(62)53-50-47-44-41-38-35-31-26-23-20-17-14-11-8-5-2/h7-12,16-21,25-27,29-31,33-34,36-37,43,46,56H,4-6,13-15,22-24,28,32,35,38-42,44-45,47-55H2,1-3H3/b10-7-,11-8-,12-9-,19-16-,20-17-,21-18-,27-25-,30-29-,31-26-,36-33-,37-34-,46-43-. The lowest BCUT2D eigenvalue weighted by Gasteiger charge is -2.18. The monoisotopic (exact) mass is 895 g/mol. The highest BCUT2D eigenvalue weighted by Crippen LogP contribution is 2.11. The minimum absolute atomic E-state index is 0.130. The van der Waals surface area contributed by atoms with Gasteiger partial charge in [0.15, 0.2) is 6.10 Å². The molecule has 0 saturated heterocycles. The number of esters is 3. The van der Waals surface area contributed by atoms with Gasteiger partial charge in [-0.25, -0.2) is 0 Å². The summed E-state index contributed by atoms with van der Waals surface area (Å²) in [5.74, 6) is -1.07. The first-order chi connectivity index (χ1) is 32.0. The number of rotatable bonds is 43. The van der Waals surface area contributed by atoms with Gasteiger partial charge in [0.1, 0.15) is 13.2 Å². The number of hydrogen-bond acceptors (Lipinski definition) is 6. The maximum atomic E-state index is 12.8. The molecule has 0 fully saturated rings. The molecule has 0 aliphatic carbocycles. The Bertz CT molecular complexity index is 1490. The third-order valence-electron chi connectivity index (χ3n) is 9.83. The van der Waals surface area contributed by atoms with Crippen molar-refractivity contribution in [1.29, 1.82) is 0 Å². The molecule has 0 amide bonds. The minimum Gasteiger partial charge on any atom is -0.462 e. The van der Waals surface area contributed by atoms with Crippen LogP contribution in [0.1, 0.15) is 188 Å². The molecule has 0 saturated carbocycles. The van der Waals surface area contributed by atoms with Crippen LogP contribution in [0.4, 0.5) is 0 Å². The topological polar surface area (TPSA) is 78.9 Å². The van der Waals surface area contributed by atoms with Crippen LogP contribution < -0.4 is 0 Å². The average molecular weight is 895 g/mol. The second-order valence-electron chi connectivity index (χ2n) is 15.9. The van der Waals surface area contributed by atoms with Crippen molar-refractivity contribution in [3.05, 3.63) is 146 Å². The highest BCUT2D eigenvalue weighted by atomic mass is 16.6. The van der Waals surface area contributed by atoms with Crippen molar-refractivity contribution in [3.63, 3.8) is 0 Å². The molecule has 0 aliphatic rings. The zero-order chi connectivity index (χ0) is 47.2. The van der Waals surface area contributed by atoms with Gasteiger partial charge in [-0.2, -0.15) is 0 Å². The molecule has 6 nitrogen and oxygen atoms in total. The molecule has 1 unspecified atom stereocenters. The summed E-state index contributed by atoms with van der Waals surface area (Å²) in [5.41, 5.74) is 0. The number of carbonyl (C=O) groups excluding carboxylic acids is 3. The summed E-state index contributed by atoms with van der Waals surface area (Å²) in [4.78, 5) is 37.9. The van der Waals surface area contributed by atoms with Gasteiger partial charge in [-0.3, -0.25) is 14.4 Å². The van der Waals surface area contributed by atoms with Crippen molar-refractivity contribution in [2.24, 2.45) is 0 Å². The molecule has 65 heavy (non-hydrogen) atoms. The van der Waals surface area contributed by atoms with Crippen LogP contribution in [0.5, 0.6) is 0 Å². The van der Waals surface area contributed by atoms with Crippen LogP contribution >= 0.6 is 0 Å². The summed E-state index contributed by atoms with van der Waals surface area (Å²) in [6.45, 7) is 6.16. The van der Waals surface area contributed by atoms with Gasteiger partial charge >= 0.3 is 17.9 Å². The predicted octanol–water partition coefficient (Wildman–Crippen LogP) is 16.9. The first-order valence-electron chi connectivity index (χ1n) is 25.3. The smallest absolute Gasteiger partial charge is 0.306 e. The van der Waals surface area contributed by atoms with Gasteiger partial charge in [-0.05, 0) is 122 Å². The quantitative estimate of drug-likeness (QED) is 0.0263. The number of unbranched alkanes of at least 4 members (excludes halogenated alkanes) is 8. The molecule has 0 radical (unpaired) electrons. The van der Waals surface area contributed by atoms with Crippen molar-refractivity contribution < 1.29 is 28.6 Å². The molecule has 0 aliphatic heterocycles. The second kappa shape index (κ2) is 51.9. The van der Waals surface area contributed by atoms with Crippen LogP contribution in [0.3, 0.4) is 0 Å². The van der Waals surface area contributed by atoms with Crippen LogP contribution in [-0.2, 0) is 28.6 Å². The molecular weight excluding hydrogens is 805 g/mol. The average Bonchev–Trinajstić information content (AvgIpc) is 3.30. The fraction of sp³-hybridized carbons (Fsp3) is 0.542. The SMILES string of the molecule is CC/C=C\C/C=C\C/C=C\C/C=C\C/C=C\C/C=C\CCC(=O)OCC(COC(=O)CCCCC/C=C\C/C=C\C/C=C\CC)OC(=O)CCCCCCC/C=C\C/C=C\C/C=C\CC. The normalized spacial score (nSPS) is 13.3. The number of carbonyl (C=O) groups is 3. The highest BCUT2D eigenvalue weighted by Gasteiger charge is 2.19. The lowest BCUT2D eigenvalue weighted by atomic mass is 10.1. The van der Waals surface area contributed by atoms with Gasteiger partial charge in [0.25, 0.3) is 0 Å². The van der Waals surface area contributed by atoms with E-state index in [1.807, 2.05) is 12.2 Å². The van der Waals surface area contributed by atoms with E-state index in [-0.39, 0.29) is 44.0 Å². The van der Waals surface area contributed by atoms with Crippen molar-refractivity contribution in [1.82, 2.24) is 0 Å². The molecule has 0 aromatic rings. The summed E-state index contributed by atoms with van der Waals surface area (Å²) in [6.07, 6.45) is 74.1. The first-order valence-corrected chi connectivity index (χ1v) is 25.3. The zero-order valence-electron chi connectivity index (χ0n) is 41.2.